The van der Waals surface area contributed by atoms with E-state index >= 15 is 0 Å². The van der Waals surface area contributed by atoms with Gasteiger partial charge in [0.15, 0.2) is 0 Å². The zero-order valence-corrected chi connectivity index (χ0v) is 5.57. The second-order valence-corrected chi connectivity index (χ2v) is 1.90. The Morgan fingerprint density at radius 3 is 2.64 bits per heavy atom. The summed E-state index contributed by atoms with van der Waals surface area (Å²) in [5.74, 6) is -0.560. The number of nitrogens with two attached hydrogens (primary N) is 1. The Balaban J connectivity index is 3.00. The zero-order chi connectivity index (χ0) is 8.27. The van der Waals surface area contributed by atoms with Crippen molar-refractivity contribution in [3.8, 4) is 0 Å². The summed E-state index contributed by atoms with van der Waals surface area (Å²) in [5, 5.41) is 0. The number of aromatic nitrogens is 1. The molecular weight excluding hydrogens is 144 g/mol. The van der Waals surface area contributed by atoms with Gasteiger partial charge in [0.2, 0.25) is 5.91 Å². The van der Waals surface area contributed by atoms with Crippen molar-refractivity contribution in [3.63, 3.8) is 0 Å². The van der Waals surface area contributed by atoms with Crippen molar-refractivity contribution >= 4 is 12.2 Å². The number of hydrogen-bond acceptors (Lipinski definition) is 3. The molecule has 1 heterocycles. The van der Waals surface area contributed by atoms with Crippen LogP contribution >= 0.6 is 0 Å². The minimum Gasteiger partial charge on any atom is -0.366 e. The largest absolute Gasteiger partial charge is 0.366 e. The molecule has 0 spiro atoms. The fraction of sp³-hybridized carbons (Fsp3) is 0. The van der Waals surface area contributed by atoms with Crippen LogP contribution < -0.4 is 5.73 Å². The molecule has 11 heavy (non-hydrogen) atoms. The van der Waals surface area contributed by atoms with Crippen LogP contribution in [0.25, 0.3) is 0 Å². The number of nitrogens with zero attached hydrogens (tertiary/aromatic N) is 1. The first kappa shape index (κ1) is 7.40. The van der Waals surface area contributed by atoms with Gasteiger partial charge in [0.05, 0.1) is 5.56 Å². The van der Waals surface area contributed by atoms with Gasteiger partial charge < -0.3 is 5.73 Å². The second-order valence-electron chi connectivity index (χ2n) is 1.90. The minimum atomic E-state index is -0.560. The van der Waals surface area contributed by atoms with E-state index in [0.717, 1.165) is 0 Å². The maximum absolute atomic E-state index is 10.5. The third-order valence-electron chi connectivity index (χ3n) is 1.15. The van der Waals surface area contributed by atoms with Gasteiger partial charge in [-0.05, 0) is 12.1 Å². The molecule has 0 atom stereocenters. The van der Waals surface area contributed by atoms with E-state index in [0.29, 0.717) is 0 Å². The van der Waals surface area contributed by atoms with E-state index < -0.39 is 5.91 Å². The first-order chi connectivity index (χ1) is 5.24. The molecule has 0 aliphatic carbocycles. The molecule has 4 heteroatoms. The minimum absolute atomic E-state index is 0.162. The molecule has 0 aliphatic rings. The number of hydrogen-bond donors (Lipinski definition) is 1. The highest BCUT2D eigenvalue weighted by molar-refractivity contribution is 5.92. The van der Waals surface area contributed by atoms with Crippen molar-refractivity contribution < 1.29 is 9.59 Å². The maximum atomic E-state index is 10.5. The second kappa shape index (κ2) is 2.92. The fourth-order valence-electron chi connectivity index (χ4n) is 0.600. The molecule has 0 saturated carbocycles. The average molecular weight is 149 g/mol. The quantitative estimate of drug-likeness (QED) is 0.623. The highest BCUT2D eigenvalue weighted by Gasteiger charge is 1.99. The normalized spacial score (nSPS) is 9.09. The molecule has 1 aromatic rings. The van der Waals surface area contributed by atoms with E-state index in [4.69, 9.17) is 5.73 Å². The van der Waals surface area contributed by atoms with Gasteiger partial charge in [-0.3, -0.25) is 14.6 Å². The van der Waals surface area contributed by atoms with Crippen LogP contribution in [0.3, 0.4) is 0 Å². The fourth-order valence-corrected chi connectivity index (χ4v) is 0.600. The Morgan fingerprint density at radius 1 is 1.55 bits per heavy atom. The van der Waals surface area contributed by atoms with E-state index in [9.17, 15) is 9.59 Å². The lowest BCUT2D eigenvalue weighted by molar-refractivity contribution is 0.1000. The van der Waals surface area contributed by atoms with E-state index in [1.54, 1.807) is 6.29 Å². The molecule has 0 fully saturated rings. The van der Waals surface area contributed by atoms with Crippen LogP contribution in [0, 0.1) is 0 Å². The van der Waals surface area contributed by atoms with Gasteiger partial charge in [-0.1, -0.05) is 0 Å². The smallest absolute Gasteiger partial charge is 0.253 e. The topological polar surface area (TPSA) is 73.1 Å². The predicted octanol–water partition coefficient (Wildman–Crippen LogP) is -0.362. The lowest BCUT2D eigenvalue weighted by Crippen LogP contribution is -2.11. The van der Waals surface area contributed by atoms with Crippen molar-refractivity contribution in [2.75, 3.05) is 0 Å². The highest BCUT2D eigenvalue weighted by Crippen LogP contribution is 1.96. The lowest BCUT2D eigenvalue weighted by atomic mass is 10.2. The first-order valence-electron chi connectivity index (χ1n) is 2.88. The summed E-state index contributed by atoms with van der Waals surface area (Å²) >= 11 is 0. The molecule has 1 rings (SSSR count). The van der Waals surface area contributed by atoms with Gasteiger partial charge in [-0.2, -0.15) is 0 Å². The van der Waals surface area contributed by atoms with E-state index in [2.05, 4.69) is 4.98 Å². The number of amides is 1. The number of primary amides is 1. The molecule has 0 aliphatic heterocycles. The number of pyridine rings is 1. The Morgan fingerprint density at radius 2 is 2.27 bits per heavy atom. The third kappa shape index (κ3) is 1.61. The summed E-state index contributed by atoms with van der Waals surface area (Å²) in [6.45, 7) is 0. The van der Waals surface area contributed by atoms with Crippen LogP contribution in [0.5, 0.6) is 0 Å². The monoisotopic (exact) mass is 149 g/mol. The summed E-state index contributed by atoms with van der Waals surface area (Å²) in [6, 6.07) is 2.81. The van der Waals surface area contributed by atoms with Gasteiger partial charge in [-0.15, -0.1) is 0 Å². The molecule has 2 N–H and O–H groups in total. The van der Waals surface area contributed by atoms with Crippen molar-refractivity contribution in [2.24, 2.45) is 5.73 Å². The first-order valence-corrected chi connectivity index (χ1v) is 2.88. The van der Waals surface area contributed by atoms with Crippen molar-refractivity contribution in [1.82, 2.24) is 4.98 Å². The number of carbonyl (C=O) groups excluding carboxylic acids is 2. The summed E-state index contributed by atoms with van der Waals surface area (Å²) in [6.07, 6.45) is 2.82. The zero-order valence-electron chi connectivity index (χ0n) is 5.57. The SMILES string of the molecule is NC(=O)c1ccc([C]=O)nc1. The predicted molar refractivity (Wildman–Crippen MR) is 37.6 cm³/mol. The molecule has 1 amide bonds. The highest BCUT2D eigenvalue weighted by atomic mass is 16.1. The molecule has 0 aromatic carbocycles. The summed E-state index contributed by atoms with van der Waals surface area (Å²) < 4.78 is 0. The van der Waals surface area contributed by atoms with E-state index in [-0.39, 0.29) is 11.3 Å². The third-order valence-corrected chi connectivity index (χ3v) is 1.15. The van der Waals surface area contributed by atoms with Gasteiger partial charge in [0.1, 0.15) is 5.69 Å². The number of rotatable bonds is 2. The molecule has 0 unspecified atom stereocenters. The van der Waals surface area contributed by atoms with Crippen LogP contribution in [0.15, 0.2) is 18.3 Å². The standard InChI is InChI=1S/C7H5N2O2/c8-7(11)5-1-2-6(4-10)9-3-5/h1-3H,(H2,8,11). The van der Waals surface area contributed by atoms with Crippen LogP contribution in [-0.4, -0.2) is 17.2 Å². The van der Waals surface area contributed by atoms with Gasteiger partial charge in [0.25, 0.3) is 6.29 Å². The average Bonchev–Trinajstić information content (AvgIpc) is 2.05. The summed E-state index contributed by atoms with van der Waals surface area (Å²) in [4.78, 5) is 24.1. The molecule has 55 valence electrons. The molecule has 1 aromatic heterocycles. The summed E-state index contributed by atoms with van der Waals surface area (Å²) in [5.41, 5.74) is 5.37. The molecule has 1 radical (unpaired) electrons. The lowest BCUT2D eigenvalue weighted by Gasteiger charge is -1.92. The van der Waals surface area contributed by atoms with Crippen LogP contribution in [0.4, 0.5) is 0 Å². The molecule has 0 bridgehead atoms. The van der Waals surface area contributed by atoms with Gasteiger partial charge >= 0.3 is 0 Å². The Hall–Kier alpha value is -1.71. The van der Waals surface area contributed by atoms with Crippen molar-refractivity contribution in [3.05, 3.63) is 29.6 Å². The van der Waals surface area contributed by atoms with Gasteiger partial charge in [-0.25, -0.2) is 0 Å². The van der Waals surface area contributed by atoms with Crippen LogP contribution in [0.1, 0.15) is 16.1 Å². The molecule has 4 nitrogen and oxygen atoms in total. The summed E-state index contributed by atoms with van der Waals surface area (Å²) in [7, 11) is 0. The van der Waals surface area contributed by atoms with Crippen LogP contribution in [-0.2, 0) is 4.79 Å². The van der Waals surface area contributed by atoms with Crippen LogP contribution in [0.2, 0.25) is 0 Å². The van der Waals surface area contributed by atoms with E-state index in [1.807, 2.05) is 0 Å². The Labute approximate surface area is 63.0 Å². The Kier molecular flexibility index (Phi) is 1.96. The number of carbonyl (C=O) groups is 1. The Bertz CT molecular complexity index is 279. The van der Waals surface area contributed by atoms with E-state index in [1.165, 1.54) is 18.3 Å². The molecule has 0 saturated heterocycles. The van der Waals surface area contributed by atoms with Gasteiger partial charge in [0, 0.05) is 6.20 Å². The van der Waals surface area contributed by atoms with Crippen molar-refractivity contribution in [1.29, 1.82) is 0 Å². The molecular formula is C7H5N2O2. The van der Waals surface area contributed by atoms with Crippen molar-refractivity contribution in [2.45, 2.75) is 0 Å². The maximum Gasteiger partial charge on any atom is 0.253 e.